The number of nitrogens with zero attached hydrogens (tertiary/aromatic N) is 2. The van der Waals surface area contributed by atoms with Gasteiger partial charge in [0.15, 0.2) is 0 Å². The standard InChI is InChI=1S/C13H22N2O/c1-13(2,3)7-11-8-15-6-4-5-10(9-16)12(15)14-11/h8,10,16H,4-7,9H2,1-3H3. The predicted molar refractivity (Wildman–Crippen MR) is 64.4 cm³/mol. The van der Waals surface area contributed by atoms with Gasteiger partial charge in [-0.05, 0) is 24.7 Å². The Morgan fingerprint density at radius 1 is 1.50 bits per heavy atom. The maximum absolute atomic E-state index is 9.33. The Kier molecular flexibility index (Phi) is 3.06. The third-order valence-corrected chi connectivity index (χ3v) is 3.11. The highest BCUT2D eigenvalue weighted by Gasteiger charge is 2.23. The lowest BCUT2D eigenvalue weighted by molar-refractivity contribution is 0.238. The van der Waals surface area contributed by atoms with Crippen molar-refractivity contribution in [3.63, 3.8) is 0 Å². The van der Waals surface area contributed by atoms with Crippen LogP contribution in [0, 0.1) is 5.41 Å². The van der Waals surface area contributed by atoms with Crippen LogP contribution < -0.4 is 0 Å². The fourth-order valence-corrected chi connectivity index (χ4v) is 2.43. The summed E-state index contributed by atoms with van der Waals surface area (Å²) in [5.41, 5.74) is 1.45. The number of hydrogen-bond donors (Lipinski definition) is 1. The molecular weight excluding hydrogens is 200 g/mol. The smallest absolute Gasteiger partial charge is 0.114 e. The van der Waals surface area contributed by atoms with Gasteiger partial charge in [0.1, 0.15) is 5.82 Å². The molecule has 2 heterocycles. The minimum absolute atomic E-state index is 0.228. The average Bonchev–Trinajstić information content (AvgIpc) is 2.56. The van der Waals surface area contributed by atoms with E-state index in [1.54, 1.807) is 0 Å². The molecule has 0 radical (unpaired) electrons. The lowest BCUT2D eigenvalue weighted by atomic mass is 9.91. The Labute approximate surface area is 97.5 Å². The summed E-state index contributed by atoms with van der Waals surface area (Å²) in [6.45, 7) is 7.98. The minimum Gasteiger partial charge on any atom is -0.396 e. The molecule has 16 heavy (non-hydrogen) atoms. The molecule has 0 spiro atoms. The molecule has 1 N–H and O–H groups in total. The van der Waals surface area contributed by atoms with Crippen LogP contribution >= 0.6 is 0 Å². The van der Waals surface area contributed by atoms with E-state index in [0.29, 0.717) is 0 Å². The molecule has 3 heteroatoms. The molecule has 1 aliphatic heterocycles. The fourth-order valence-electron chi connectivity index (χ4n) is 2.43. The van der Waals surface area contributed by atoms with Gasteiger partial charge in [0, 0.05) is 18.7 Å². The molecule has 1 atom stereocenters. The van der Waals surface area contributed by atoms with Crippen molar-refractivity contribution in [3.05, 3.63) is 17.7 Å². The van der Waals surface area contributed by atoms with E-state index in [0.717, 1.165) is 31.6 Å². The van der Waals surface area contributed by atoms with Crippen LogP contribution in [0.4, 0.5) is 0 Å². The first-order chi connectivity index (χ1) is 7.49. The molecule has 0 fully saturated rings. The second-order valence-corrected chi connectivity index (χ2v) is 6.04. The second kappa shape index (κ2) is 4.21. The number of rotatable bonds is 2. The van der Waals surface area contributed by atoms with Gasteiger partial charge in [-0.15, -0.1) is 0 Å². The van der Waals surface area contributed by atoms with Crippen molar-refractivity contribution in [2.45, 2.75) is 52.5 Å². The molecule has 0 saturated heterocycles. The number of fused-ring (bicyclic) bond motifs is 1. The van der Waals surface area contributed by atoms with Crippen molar-refractivity contribution in [1.82, 2.24) is 9.55 Å². The Morgan fingerprint density at radius 2 is 2.25 bits per heavy atom. The zero-order valence-corrected chi connectivity index (χ0v) is 10.5. The predicted octanol–water partition coefficient (Wildman–Crippen LogP) is 2.34. The summed E-state index contributed by atoms with van der Waals surface area (Å²) in [4.78, 5) is 4.69. The number of aliphatic hydroxyl groups excluding tert-OH is 1. The molecule has 1 unspecified atom stereocenters. The summed E-state index contributed by atoms with van der Waals surface area (Å²) >= 11 is 0. The number of aryl methyl sites for hydroxylation is 1. The summed E-state index contributed by atoms with van der Waals surface area (Å²) in [6.07, 6.45) is 5.40. The van der Waals surface area contributed by atoms with E-state index >= 15 is 0 Å². The number of imidazole rings is 1. The molecule has 1 aromatic rings. The van der Waals surface area contributed by atoms with E-state index in [1.807, 2.05) is 0 Å². The molecular formula is C13H22N2O. The molecule has 0 aliphatic carbocycles. The molecule has 90 valence electrons. The highest BCUT2D eigenvalue weighted by atomic mass is 16.3. The summed E-state index contributed by atoms with van der Waals surface area (Å²) in [7, 11) is 0. The third kappa shape index (κ3) is 2.46. The highest BCUT2D eigenvalue weighted by molar-refractivity contribution is 5.11. The summed E-state index contributed by atoms with van der Waals surface area (Å²) in [6, 6.07) is 0. The first-order valence-electron chi connectivity index (χ1n) is 6.16. The van der Waals surface area contributed by atoms with Gasteiger partial charge in [0.05, 0.1) is 12.3 Å². The summed E-state index contributed by atoms with van der Waals surface area (Å²) < 4.78 is 2.23. The van der Waals surface area contributed by atoms with Crippen LogP contribution in [0.15, 0.2) is 6.20 Å². The molecule has 1 aliphatic rings. The van der Waals surface area contributed by atoms with Gasteiger partial charge >= 0.3 is 0 Å². The van der Waals surface area contributed by atoms with Crippen LogP contribution in [0.25, 0.3) is 0 Å². The SMILES string of the molecule is CC(C)(C)Cc1cn2c(n1)C(CO)CCC2. The Bertz CT molecular complexity index is 362. The monoisotopic (exact) mass is 222 g/mol. The molecule has 0 bridgehead atoms. The van der Waals surface area contributed by atoms with Gasteiger partial charge in [0.25, 0.3) is 0 Å². The van der Waals surface area contributed by atoms with E-state index in [4.69, 9.17) is 4.98 Å². The number of aliphatic hydroxyl groups is 1. The molecule has 0 saturated carbocycles. The van der Waals surface area contributed by atoms with Crippen LogP contribution in [0.5, 0.6) is 0 Å². The topological polar surface area (TPSA) is 38.0 Å². The van der Waals surface area contributed by atoms with Crippen molar-refractivity contribution in [2.24, 2.45) is 5.41 Å². The zero-order valence-electron chi connectivity index (χ0n) is 10.5. The Balaban J connectivity index is 2.22. The molecule has 1 aromatic heterocycles. The van der Waals surface area contributed by atoms with Gasteiger partial charge in [-0.2, -0.15) is 0 Å². The van der Waals surface area contributed by atoms with Crippen molar-refractivity contribution in [1.29, 1.82) is 0 Å². The van der Waals surface area contributed by atoms with Crippen LogP contribution in [0.1, 0.15) is 51.0 Å². The molecule has 0 aromatic carbocycles. The van der Waals surface area contributed by atoms with E-state index < -0.39 is 0 Å². The van der Waals surface area contributed by atoms with Crippen molar-refractivity contribution in [2.75, 3.05) is 6.61 Å². The Morgan fingerprint density at radius 3 is 2.88 bits per heavy atom. The quantitative estimate of drug-likeness (QED) is 0.834. The summed E-state index contributed by atoms with van der Waals surface area (Å²) in [5.74, 6) is 1.34. The molecule has 2 rings (SSSR count). The van der Waals surface area contributed by atoms with E-state index in [9.17, 15) is 5.11 Å². The van der Waals surface area contributed by atoms with Crippen LogP contribution in [-0.4, -0.2) is 21.3 Å². The van der Waals surface area contributed by atoms with Gasteiger partial charge in [-0.25, -0.2) is 4.98 Å². The fraction of sp³-hybridized carbons (Fsp3) is 0.769. The second-order valence-electron chi connectivity index (χ2n) is 6.04. The normalized spacial score (nSPS) is 20.9. The van der Waals surface area contributed by atoms with E-state index in [1.165, 1.54) is 5.69 Å². The maximum atomic E-state index is 9.33. The maximum Gasteiger partial charge on any atom is 0.114 e. The Hall–Kier alpha value is -0.830. The van der Waals surface area contributed by atoms with E-state index in [-0.39, 0.29) is 17.9 Å². The van der Waals surface area contributed by atoms with Gasteiger partial charge in [-0.3, -0.25) is 0 Å². The van der Waals surface area contributed by atoms with Gasteiger partial charge in [-0.1, -0.05) is 20.8 Å². The zero-order chi connectivity index (χ0) is 11.8. The lowest BCUT2D eigenvalue weighted by Gasteiger charge is -2.21. The van der Waals surface area contributed by atoms with Gasteiger partial charge < -0.3 is 9.67 Å². The third-order valence-electron chi connectivity index (χ3n) is 3.11. The lowest BCUT2D eigenvalue weighted by Crippen LogP contribution is -2.18. The van der Waals surface area contributed by atoms with E-state index in [2.05, 4.69) is 31.5 Å². The highest BCUT2D eigenvalue weighted by Crippen LogP contribution is 2.28. The number of hydrogen-bond acceptors (Lipinski definition) is 2. The minimum atomic E-state index is 0.228. The van der Waals surface area contributed by atoms with Crippen molar-refractivity contribution in [3.8, 4) is 0 Å². The first kappa shape index (κ1) is 11.6. The summed E-state index contributed by atoms with van der Waals surface area (Å²) in [5, 5.41) is 9.33. The molecule has 0 amide bonds. The van der Waals surface area contributed by atoms with Crippen molar-refractivity contribution < 1.29 is 5.11 Å². The largest absolute Gasteiger partial charge is 0.396 e. The van der Waals surface area contributed by atoms with Crippen LogP contribution in [-0.2, 0) is 13.0 Å². The van der Waals surface area contributed by atoms with Crippen LogP contribution in [0.3, 0.4) is 0 Å². The van der Waals surface area contributed by atoms with Crippen molar-refractivity contribution >= 4 is 0 Å². The molecule has 3 nitrogen and oxygen atoms in total. The van der Waals surface area contributed by atoms with Crippen LogP contribution in [0.2, 0.25) is 0 Å². The first-order valence-corrected chi connectivity index (χ1v) is 6.16. The average molecular weight is 222 g/mol. The number of aromatic nitrogens is 2. The van der Waals surface area contributed by atoms with Gasteiger partial charge in [0.2, 0.25) is 0 Å².